The fourth-order valence-electron chi connectivity index (χ4n) is 2.98. The lowest BCUT2D eigenvalue weighted by atomic mass is 9.96. The van der Waals surface area contributed by atoms with E-state index in [2.05, 4.69) is 4.99 Å². The molecule has 1 saturated heterocycles. The number of nitro benzene ring substituents is 1. The molecule has 1 fully saturated rings. The Morgan fingerprint density at radius 2 is 2.11 bits per heavy atom. The molecule has 0 spiro atoms. The van der Waals surface area contributed by atoms with Crippen LogP contribution in [-0.4, -0.2) is 21.6 Å². The van der Waals surface area contributed by atoms with Crippen molar-refractivity contribution in [2.24, 2.45) is 10.9 Å². The van der Waals surface area contributed by atoms with Gasteiger partial charge in [0.1, 0.15) is 28.2 Å². The molecule has 3 heterocycles. The van der Waals surface area contributed by atoms with Crippen molar-refractivity contribution >= 4 is 40.7 Å². The molecule has 134 valence electrons. The lowest BCUT2D eigenvalue weighted by molar-refractivity contribution is -0.384. The van der Waals surface area contributed by atoms with Gasteiger partial charge >= 0.3 is 5.97 Å². The van der Waals surface area contributed by atoms with Crippen LogP contribution in [0.15, 0.2) is 63.2 Å². The van der Waals surface area contributed by atoms with Gasteiger partial charge in [-0.05, 0) is 25.1 Å². The molecule has 2 aromatic rings. The Hall–Kier alpha value is -3.39. The molecule has 2 aliphatic rings. The van der Waals surface area contributed by atoms with Crippen LogP contribution >= 0.6 is 12.2 Å². The molecular weight excluding hydrogens is 368 g/mol. The minimum Gasteiger partial charge on any atom is -0.457 e. The first-order chi connectivity index (χ1) is 12.9. The van der Waals surface area contributed by atoms with Gasteiger partial charge in [0.25, 0.3) is 5.69 Å². The Morgan fingerprint density at radius 3 is 2.89 bits per heavy atom. The number of thiocarbonyl (C=S) groups is 1. The summed E-state index contributed by atoms with van der Waals surface area (Å²) in [6, 6.07) is 9.56. The van der Waals surface area contributed by atoms with Crippen molar-refractivity contribution in [2.45, 2.75) is 6.92 Å². The van der Waals surface area contributed by atoms with E-state index in [1.165, 1.54) is 12.1 Å². The molecule has 27 heavy (non-hydrogen) atoms. The zero-order chi connectivity index (χ0) is 19.1. The Labute approximate surface area is 158 Å². The number of cyclic esters (lactones) is 1. The summed E-state index contributed by atoms with van der Waals surface area (Å²) in [6.45, 7) is 1.79. The third-order valence-corrected chi connectivity index (χ3v) is 4.51. The minimum atomic E-state index is -0.666. The van der Waals surface area contributed by atoms with Gasteiger partial charge < -0.3 is 9.15 Å². The molecule has 0 bridgehead atoms. The highest BCUT2D eigenvalue weighted by Crippen LogP contribution is 2.36. The molecule has 0 aliphatic carbocycles. The Kier molecular flexibility index (Phi) is 4.04. The van der Waals surface area contributed by atoms with Crippen molar-refractivity contribution in [1.29, 1.82) is 0 Å². The predicted molar refractivity (Wildman–Crippen MR) is 102 cm³/mol. The number of esters is 1. The van der Waals surface area contributed by atoms with Gasteiger partial charge in [0, 0.05) is 35.1 Å². The summed E-state index contributed by atoms with van der Waals surface area (Å²) in [5.41, 5.74) is 1.92. The van der Waals surface area contributed by atoms with Gasteiger partial charge in [-0.15, -0.1) is 0 Å². The fourth-order valence-corrected chi connectivity index (χ4v) is 3.35. The number of hydrogen-bond acceptors (Lipinski definition) is 6. The first-order valence-corrected chi connectivity index (χ1v) is 8.42. The molecule has 0 saturated carbocycles. The maximum absolute atomic E-state index is 12.1. The molecule has 0 unspecified atom stereocenters. The smallest absolute Gasteiger partial charge is 0.326 e. The summed E-state index contributed by atoms with van der Waals surface area (Å²) < 4.78 is 11.1. The van der Waals surface area contributed by atoms with E-state index in [0.29, 0.717) is 34.1 Å². The zero-order valence-corrected chi connectivity index (χ0v) is 14.9. The van der Waals surface area contributed by atoms with Crippen LogP contribution in [0.4, 0.5) is 5.69 Å². The van der Waals surface area contributed by atoms with Gasteiger partial charge in [-0.3, -0.25) is 14.9 Å². The summed E-state index contributed by atoms with van der Waals surface area (Å²) in [7, 11) is 0. The van der Waals surface area contributed by atoms with Crippen LogP contribution in [0.5, 0.6) is 0 Å². The van der Waals surface area contributed by atoms with E-state index in [0.717, 1.165) is 0 Å². The number of nitro groups is 1. The Balaban J connectivity index is 1.67. The van der Waals surface area contributed by atoms with Gasteiger partial charge in [-0.2, -0.15) is 0 Å². The SMILES string of the molecule is CC1=NC(=S)[C@@H]2C(=O)O/C(=C/c3ccc(-c4cccc([N+](=O)[O-])c4)o3)C2=C1. The van der Waals surface area contributed by atoms with Crippen LogP contribution in [0, 0.1) is 16.0 Å². The van der Waals surface area contributed by atoms with E-state index in [9.17, 15) is 14.9 Å². The Morgan fingerprint density at radius 1 is 1.30 bits per heavy atom. The number of carbonyl (C=O) groups excluding carboxylic acids is 1. The summed E-state index contributed by atoms with van der Waals surface area (Å²) >= 11 is 5.18. The standard InChI is InChI=1S/C19H12N2O5S/c1-10-7-14-16(26-19(22)17(14)18(27)20-10)9-13-5-6-15(25-13)11-3-2-4-12(8-11)21(23)24/h2-9,17H,1H3/b16-9+/t17-/m1/s1. The number of allylic oxidation sites excluding steroid dienone is 2. The van der Waals surface area contributed by atoms with Crippen LogP contribution in [0.2, 0.25) is 0 Å². The number of benzene rings is 1. The fraction of sp³-hybridized carbons (Fsp3) is 0.105. The molecule has 1 aromatic heterocycles. The van der Waals surface area contributed by atoms with E-state index in [4.69, 9.17) is 21.4 Å². The monoisotopic (exact) mass is 380 g/mol. The highest BCUT2D eigenvalue weighted by molar-refractivity contribution is 7.80. The second-order valence-electron chi connectivity index (χ2n) is 6.06. The first kappa shape index (κ1) is 17.0. The zero-order valence-electron chi connectivity index (χ0n) is 14.0. The van der Waals surface area contributed by atoms with Gasteiger partial charge in [-0.1, -0.05) is 24.4 Å². The highest BCUT2D eigenvalue weighted by Gasteiger charge is 2.41. The van der Waals surface area contributed by atoms with Crippen LogP contribution in [0.25, 0.3) is 17.4 Å². The number of dihydropyridines is 1. The first-order valence-electron chi connectivity index (χ1n) is 8.01. The normalized spacial score (nSPS) is 20.2. The number of rotatable bonds is 3. The van der Waals surface area contributed by atoms with Gasteiger partial charge in [0.05, 0.1) is 4.92 Å². The van der Waals surface area contributed by atoms with Gasteiger partial charge in [0.2, 0.25) is 0 Å². The van der Waals surface area contributed by atoms with Crippen LogP contribution < -0.4 is 0 Å². The van der Waals surface area contributed by atoms with Gasteiger partial charge in [-0.25, -0.2) is 4.99 Å². The maximum Gasteiger partial charge on any atom is 0.326 e. The quantitative estimate of drug-likeness (QED) is 0.344. The molecule has 7 nitrogen and oxygen atoms in total. The van der Waals surface area contributed by atoms with Crippen LogP contribution in [0.1, 0.15) is 12.7 Å². The number of ether oxygens (including phenoxy) is 1. The van der Waals surface area contributed by atoms with E-state index < -0.39 is 16.8 Å². The summed E-state index contributed by atoms with van der Waals surface area (Å²) in [6.07, 6.45) is 3.37. The van der Waals surface area contributed by atoms with E-state index in [1.54, 1.807) is 43.3 Å². The molecule has 0 radical (unpaired) electrons. The van der Waals surface area contributed by atoms with Crippen molar-refractivity contribution in [1.82, 2.24) is 0 Å². The molecule has 1 aromatic carbocycles. The molecule has 0 amide bonds. The number of fused-ring (bicyclic) bond motifs is 1. The average Bonchev–Trinajstić information content (AvgIpc) is 3.20. The van der Waals surface area contributed by atoms with Crippen LogP contribution in [-0.2, 0) is 9.53 Å². The lowest BCUT2D eigenvalue weighted by Crippen LogP contribution is -2.21. The van der Waals surface area contributed by atoms with Crippen molar-refractivity contribution in [3.63, 3.8) is 0 Å². The number of aliphatic imine (C=N–C) groups is 1. The number of hydrogen-bond donors (Lipinski definition) is 0. The number of carbonyl (C=O) groups is 1. The number of nitrogens with zero attached hydrogens (tertiary/aromatic N) is 2. The third kappa shape index (κ3) is 3.11. The molecule has 1 atom stereocenters. The summed E-state index contributed by atoms with van der Waals surface area (Å²) in [5, 5.41) is 10.9. The molecule has 0 N–H and O–H groups in total. The maximum atomic E-state index is 12.1. The minimum absolute atomic E-state index is 0.0213. The topological polar surface area (TPSA) is 94.9 Å². The van der Waals surface area contributed by atoms with Crippen LogP contribution in [0.3, 0.4) is 0 Å². The molecule has 2 aliphatic heterocycles. The largest absolute Gasteiger partial charge is 0.457 e. The number of furan rings is 1. The average molecular weight is 380 g/mol. The predicted octanol–water partition coefficient (Wildman–Crippen LogP) is 4.10. The molecule has 8 heteroatoms. The lowest BCUT2D eigenvalue weighted by Gasteiger charge is -2.11. The third-order valence-electron chi connectivity index (χ3n) is 4.18. The summed E-state index contributed by atoms with van der Waals surface area (Å²) in [5.74, 6) is 0.158. The second kappa shape index (κ2) is 6.40. The van der Waals surface area contributed by atoms with E-state index >= 15 is 0 Å². The van der Waals surface area contributed by atoms with Gasteiger partial charge in [0.15, 0.2) is 0 Å². The van der Waals surface area contributed by atoms with Crippen molar-refractivity contribution < 1.29 is 18.9 Å². The van der Waals surface area contributed by atoms with Crippen molar-refractivity contribution in [2.75, 3.05) is 0 Å². The second-order valence-corrected chi connectivity index (χ2v) is 6.48. The van der Waals surface area contributed by atoms with E-state index in [1.807, 2.05) is 0 Å². The van der Waals surface area contributed by atoms with Crippen molar-refractivity contribution in [3.8, 4) is 11.3 Å². The summed E-state index contributed by atoms with van der Waals surface area (Å²) in [4.78, 5) is 27.0. The Bertz CT molecular complexity index is 1090. The van der Waals surface area contributed by atoms with Crippen molar-refractivity contribution in [3.05, 3.63) is 69.7 Å². The van der Waals surface area contributed by atoms with E-state index in [-0.39, 0.29) is 10.7 Å². The molecule has 4 rings (SSSR count). The molecular formula is C19H12N2O5S. The highest BCUT2D eigenvalue weighted by atomic mass is 32.1. The number of non-ortho nitro benzene ring substituents is 1.